The summed E-state index contributed by atoms with van der Waals surface area (Å²) in [7, 11) is 1.57. The second-order valence-electron chi connectivity index (χ2n) is 10.3. The third kappa shape index (κ3) is 6.93. The van der Waals surface area contributed by atoms with Gasteiger partial charge >= 0.3 is 5.97 Å². The molecule has 0 radical (unpaired) electrons. The Balaban J connectivity index is 1.60. The number of esters is 1. The van der Waals surface area contributed by atoms with Crippen LogP contribution in [0.15, 0.2) is 87.8 Å². The second kappa shape index (κ2) is 14.3. The molecule has 44 heavy (non-hydrogen) atoms. The molecule has 1 unspecified atom stereocenters. The summed E-state index contributed by atoms with van der Waals surface area (Å²) in [5.74, 6) is 0.537. The molecule has 1 aromatic heterocycles. The lowest BCUT2D eigenvalue weighted by Gasteiger charge is -2.25. The van der Waals surface area contributed by atoms with E-state index in [-0.39, 0.29) is 17.7 Å². The topological polar surface area (TPSA) is 79.1 Å². The first kappa shape index (κ1) is 31.6. The third-order valence-electron chi connectivity index (χ3n) is 7.20. The van der Waals surface area contributed by atoms with Gasteiger partial charge < -0.3 is 14.2 Å². The van der Waals surface area contributed by atoms with Gasteiger partial charge in [-0.25, -0.2) is 9.79 Å². The largest absolute Gasteiger partial charge is 0.493 e. The van der Waals surface area contributed by atoms with Gasteiger partial charge in [0.05, 0.1) is 45.6 Å². The highest BCUT2D eigenvalue weighted by Gasteiger charge is 2.34. The Labute approximate surface area is 269 Å². The van der Waals surface area contributed by atoms with Crippen LogP contribution < -0.4 is 24.4 Å². The zero-order chi connectivity index (χ0) is 31.2. The highest BCUT2D eigenvalue weighted by Crippen LogP contribution is 2.36. The highest BCUT2D eigenvalue weighted by molar-refractivity contribution is 7.07. The van der Waals surface area contributed by atoms with Crippen molar-refractivity contribution in [2.24, 2.45) is 4.99 Å². The van der Waals surface area contributed by atoms with E-state index >= 15 is 0 Å². The van der Waals surface area contributed by atoms with E-state index in [1.54, 1.807) is 44.4 Å². The van der Waals surface area contributed by atoms with Crippen LogP contribution in [0.4, 0.5) is 0 Å². The van der Waals surface area contributed by atoms with Gasteiger partial charge in [0.1, 0.15) is 6.61 Å². The summed E-state index contributed by atoms with van der Waals surface area (Å²) in [4.78, 5) is 32.9. The van der Waals surface area contributed by atoms with Gasteiger partial charge in [-0.3, -0.25) is 9.36 Å². The van der Waals surface area contributed by atoms with Crippen molar-refractivity contribution in [3.63, 3.8) is 0 Å². The molecular formula is C34H32Cl2N2O5S. The summed E-state index contributed by atoms with van der Waals surface area (Å²) in [6.45, 7) is 4.53. The van der Waals surface area contributed by atoms with E-state index in [1.807, 2.05) is 42.5 Å². The standard InChI is InChI=1S/C34H32Cl2N2O5S/c1-4-5-9-16-42-27-15-13-24(19-28(27)41-3)31-30(33(40)43-20-22-10-7-6-8-11-22)21(2)37-34-38(31)32(39)29(44-34)18-23-12-14-25(35)26(36)17-23/h6-8,10-15,17-19,31H,4-5,9,16,20H2,1-3H3. The number of allylic oxidation sites excluding steroid dienone is 1. The Morgan fingerprint density at radius 3 is 2.55 bits per heavy atom. The number of aromatic nitrogens is 1. The molecule has 1 aliphatic heterocycles. The molecule has 0 N–H and O–H groups in total. The molecule has 0 amide bonds. The minimum atomic E-state index is -0.812. The number of nitrogens with zero attached hydrogens (tertiary/aromatic N) is 2. The van der Waals surface area contributed by atoms with Gasteiger partial charge in [0, 0.05) is 0 Å². The fourth-order valence-electron chi connectivity index (χ4n) is 4.96. The number of hydrogen-bond acceptors (Lipinski definition) is 7. The Bertz CT molecular complexity index is 1880. The molecule has 3 aromatic carbocycles. The lowest BCUT2D eigenvalue weighted by atomic mass is 9.95. The summed E-state index contributed by atoms with van der Waals surface area (Å²) < 4.78 is 19.4. The number of thiazole rings is 1. The molecule has 0 spiro atoms. The molecule has 0 bridgehead atoms. The van der Waals surface area contributed by atoms with Gasteiger partial charge in [-0.05, 0) is 60.4 Å². The van der Waals surface area contributed by atoms with Crippen molar-refractivity contribution in [1.29, 1.82) is 0 Å². The predicted molar refractivity (Wildman–Crippen MR) is 174 cm³/mol. The lowest BCUT2D eigenvalue weighted by Crippen LogP contribution is -2.39. The number of fused-ring (bicyclic) bond motifs is 1. The summed E-state index contributed by atoms with van der Waals surface area (Å²) in [5, 5.41) is 0.806. The monoisotopic (exact) mass is 650 g/mol. The Kier molecular flexibility index (Phi) is 10.3. The summed E-state index contributed by atoms with van der Waals surface area (Å²) in [6, 6.07) is 19.2. The normalized spacial score (nSPS) is 14.7. The number of carbonyl (C=O) groups excluding carboxylic acids is 1. The van der Waals surface area contributed by atoms with Crippen LogP contribution in [0.1, 0.15) is 55.8 Å². The molecule has 0 fully saturated rings. The predicted octanol–water partition coefficient (Wildman–Crippen LogP) is 6.86. The maximum absolute atomic E-state index is 14.0. The van der Waals surface area contributed by atoms with Crippen molar-refractivity contribution in [2.45, 2.75) is 45.8 Å². The van der Waals surface area contributed by atoms with Crippen LogP contribution in [0.2, 0.25) is 10.0 Å². The van der Waals surface area contributed by atoms with E-state index in [4.69, 9.17) is 37.4 Å². The number of rotatable bonds is 11. The quantitative estimate of drug-likeness (QED) is 0.131. The van der Waals surface area contributed by atoms with Crippen molar-refractivity contribution in [3.8, 4) is 11.5 Å². The first-order valence-electron chi connectivity index (χ1n) is 14.3. The minimum absolute atomic E-state index is 0.0821. The fraction of sp³-hybridized carbons (Fsp3) is 0.265. The zero-order valence-electron chi connectivity index (χ0n) is 24.6. The van der Waals surface area contributed by atoms with Crippen molar-refractivity contribution in [3.05, 3.63) is 124 Å². The third-order valence-corrected chi connectivity index (χ3v) is 8.93. The summed E-state index contributed by atoms with van der Waals surface area (Å²) in [5.41, 5.74) is 2.66. The number of carbonyl (C=O) groups is 1. The first-order chi connectivity index (χ1) is 21.3. The van der Waals surface area contributed by atoms with Crippen LogP contribution in [0.25, 0.3) is 6.08 Å². The van der Waals surface area contributed by atoms with E-state index in [2.05, 4.69) is 11.9 Å². The fourth-order valence-corrected chi connectivity index (χ4v) is 6.31. The van der Waals surface area contributed by atoms with Crippen LogP contribution in [0.3, 0.4) is 0 Å². The maximum Gasteiger partial charge on any atom is 0.338 e. The van der Waals surface area contributed by atoms with Gasteiger partial charge in [-0.15, -0.1) is 0 Å². The van der Waals surface area contributed by atoms with Crippen molar-refractivity contribution >= 4 is 46.6 Å². The molecule has 1 aliphatic rings. The molecule has 5 rings (SSSR count). The minimum Gasteiger partial charge on any atom is -0.493 e. The highest BCUT2D eigenvalue weighted by atomic mass is 35.5. The van der Waals surface area contributed by atoms with Gasteiger partial charge in [-0.2, -0.15) is 0 Å². The van der Waals surface area contributed by atoms with E-state index in [0.717, 1.165) is 24.8 Å². The van der Waals surface area contributed by atoms with Crippen LogP contribution in [0, 0.1) is 0 Å². The maximum atomic E-state index is 14.0. The molecule has 0 saturated carbocycles. The molecule has 7 nitrogen and oxygen atoms in total. The molecule has 1 atom stereocenters. The van der Waals surface area contributed by atoms with Crippen molar-refractivity contribution in [2.75, 3.05) is 13.7 Å². The Morgan fingerprint density at radius 1 is 1.02 bits per heavy atom. The lowest BCUT2D eigenvalue weighted by molar-refractivity contribution is -0.140. The van der Waals surface area contributed by atoms with Gasteiger partial charge in [-0.1, -0.05) is 96.8 Å². The smallest absolute Gasteiger partial charge is 0.338 e. The van der Waals surface area contributed by atoms with Crippen LogP contribution in [0.5, 0.6) is 11.5 Å². The van der Waals surface area contributed by atoms with Crippen LogP contribution >= 0.6 is 34.5 Å². The van der Waals surface area contributed by atoms with Crippen LogP contribution in [-0.2, 0) is 16.1 Å². The van der Waals surface area contributed by atoms with Crippen molar-refractivity contribution < 1.29 is 19.0 Å². The Morgan fingerprint density at radius 2 is 1.82 bits per heavy atom. The number of unbranched alkanes of at least 4 members (excludes halogenated alkanes) is 2. The first-order valence-corrected chi connectivity index (χ1v) is 15.9. The average Bonchev–Trinajstić information content (AvgIpc) is 3.33. The van der Waals surface area contributed by atoms with E-state index < -0.39 is 12.0 Å². The SMILES string of the molecule is CCCCCOc1ccc(C2C(C(=O)OCc3ccccc3)=C(C)N=c3sc(=Cc4ccc(Cl)c(Cl)c4)c(=O)n32)cc1OC. The average molecular weight is 652 g/mol. The van der Waals surface area contributed by atoms with Gasteiger partial charge in [0.25, 0.3) is 5.56 Å². The molecule has 4 aromatic rings. The van der Waals surface area contributed by atoms with Crippen molar-refractivity contribution in [1.82, 2.24) is 4.57 Å². The molecule has 10 heteroatoms. The molecule has 0 saturated heterocycles. The second-order valence-corrected chi connectivity index (χ2v) is 12.1. The molecule has 228 valence electrons. The number of benzene rings is 3. The number of hydrogen-bond donors (Lipinski definition) is 0. The summed E-state index contributed by atoms with van der Waals surface area (Å²) >= 11 is 13.6. The number of ether oxygens (including phenoxy) is 3. The zero-order valence-corrected chi connectivity index (χ0v) is 27.0. The molecular weight excluding hydrogens is 619 g/mol. The molecule has 2 heterocycles. The van der Waals surface area contributed by atoms with E-state index in [9.17, 15) is 9.59 Å². The number of methoxy groups -OCH3 is 1. The van der Waals surface area contributed by atoms with Crippen LogP contribution in [-0.4, -0.2) is 24.3 Å². The van der Waals surface area contributed by atoms with Gasteiger partial charge in [0.15, 0.2) is 16.3 Å². The van der Waals surface area contributed by atoms with Gasteiger partial charge in [0.2, 0.25) is 0 Å². The summed E-state index contributed by atoms with van der Waals surface area (Å²) in [6.07, 6.45) is 4.82. The van der Waals surface area contributed by atoms with E-state index in [0.29, 0.717) is 54.3 Å². The Hall–Kier alpha value is -3.85. The number of halogens is 2. The van der Waals surface area contributed by atoms with E-state index in [1.165, 1.54) is 15.9 Å². The molecule has 0 aliphatic carbocycles.